The molecule has 0 aliphatic heterocycles. The Labute approximate surface area is 122 Å². The van der Waals surface area contributed by atoms with Gasteiger partial charge in [0.2, 0.25) is 0 Å². The minimum Gasteiger partial charge on any atom is -0.496 e. The first-order valence-electron chi connectivity index (χ1n) is 6.39. The van der Waals surface area contributed by atoms with Crippen LogP contribution in [0.2, 0.25) is 0 Å². The molecule has 0 aliphatic rings. The average molecular weight is 284 g/mol. The third kappa shape index (κ3) is 3.82. The monoisotopic (exact) mass is 284 g/mol. The Morgan fingerprint density at radius 3 is 2.86 bits per heavy atom. The van der Waals surface area contributed by atoms with Crippen molar-refractivity contribution in [1.82, 2.24) is 5.43 Å². The van der Waals surface area contributed by atoms with Crippen molar-refractivity contribution in [2.45, 2.75) is 6.92 Å². The number of para-hydroxylation sites is 1. The normalized spacial score (nSPS) is 11.1. The van der Waals surface area contributed by atoms with Crippen LogP contribution in [0.4, 0.5) is 0 Å². The number of nitrogens with zero attached hydrogens (tertiary/aromatic N) is 1. The maximum atomic E-state index is 11.7. The number of carbonyl (C=O) groups excluding carboxylic acids is 1. The van der Waals surface area contributed by atoms with Crippen LogP contribution in [0.25, 0.3) is 6.08 Å². The predicted octanol–water partition coefficient (Wildman–Crippen LogP) is 3.03. The first-order chi connectivity index (χ1) is 10.2. The Bertz CT molecular complexity index is 672. The quantitative estimate of drug-likeness (QED) is 0.678. The summed E-state index contributed by atoms with van der Waals surface area (Å²) < 4.78 is 10.3. The summed E-state index contributed by atoms with van der Waals surface area (Å²) in [5.74, 6) is 1.04. The lowest BCUT2D eigenvalue weighted by Crippen LogP contribution is -2.17. The van der Waals surface area contributed by atoms with Crippen LogP contribution in [0.1, 0.15) is 21.7 Å². The summed E-state index contributed by atoms with van der Waals surface area (Å²) in [4.78, 5) is 11.7. The highest BCUT2D eigenvalue weighted by molar-refractivity contribution is 5.95. The second-order valence-electron chi connectivity index (χ2n) is 4.21. The van der Waals surface area contributed by atoms with Crippen molar-refractivity contribution in [3.8, 4) is 5.75 Å². The van der Waals surface area contributed by atoms with Gasteiger partial charge in [0.25, 0.3) is 5.91 Å². The number of benzene rings is 1. The number of nitrogens with one attached hydrogen (secondary N) is 1. The number of hydrogen-bond acceptors (Lipinski definition) is 4. The Kier molecular flexibility index (Phi) is 4.93. The van der Waals surface area contributed by atoms with Crippen LogP contribution in [-0.2, 0) is 0 Å². The third-order valence-corrected chi connectivity index (χ3v) is 2.84. The lowest BCUT2D eigenvalue weighted by atomic mass is 10.2. The van der Waals surface area contributed by atoms with Crippen LogP contribution in [0.5, 0.6) is 5.75 Å². The molecular formula is C16H16N2O3. The molecule has 1 aromatic carbocycles. The minimum absolute atomic E-state index is 0.303. The molecule has 1 aromatic heterocycles. The number of methoxy groups -OCH3 is 1. The molecule has 2 rings (SSSR count). The second kappa shape index (κ2) is 7.09. The average Bonchev–Trinajstić information content (AvgIpc) is 2.93. The van der Waals surface area contributed by atoms with Gasteiger partial charge in [-0.3, -0.25) is 4.79 Å². The van der Waals surface area contributed by atoms with Crippen molar-refractivity contribution in [2.24, 2.45) is 5.10 Å². The number of ether oxygens (including phenoxy) is 1. The molecule has 0 aliphatic carbocycles. The van der Waals surface area contributed by atoms with Crippen LogP contribution < -0.4 is 10.2 Å². The fourth-order valence-electron chi connectivity index (χ4n) is 1.77. The molecule has 0 radical (unpaired) electrons. The molecule has 1 N–H and O–H groups in total. The van der Waals surface area contributed by atoms with Crippen molar-refractivity contribution in [2.75, 3.05) is 7.11 Å². The summed E-state index contributed by atoms with van der Waals surface area (Å²) in [5, 5.41) is 3.85. The number of rotatable bonds is 5. The summed E-state index contributed by atoms with van der Waals surface area (Å²) in [6.45, 7) is 1.72. The maximum Gasteiger partial charge on any atom is 0.274 e. The SMILES string of the molecule is COc1ccccc1/C=C/C=N/NC(=O)c1ccoc1C. The molecule has 1 amide bonds. The van der Waals surface area contributed by atoms with Gasteiger partial charge >= 0.3 is 0 Å². The van der Waals surface area contributed by atoms with Gasteiger partial charge in [0.1, 0.15) is 11.5 Å². The number of allylic oxidation sites excluding steroid dienone is 1. The molecule has 5 heteroatoms. The van der Waals surface area contributed by atoms with Crippen molar-refractivity contribution in [3.63, 3.8) is 0 Å². The molecule has 0 saturated carbocycles. The Morgan fingerprint density at radius 1 is 1.33 bits per heavy atom. The van der Waals surface area contributed by atoms with Gasteiger partial charge in [-0.1, -0.05) is 18.2 Å². The largest absolute Gasteiger partial charge is 0.496 e. The van der Waals surface area contributed by atoms with Gasteiger partial charge < -0.3 is 9.15 Å². The van der Waals surface area contributed by atoms with Crippen LogP contribution in [-0.4, -0.2) is 19.2 Å². The summed E-state index contributed by atoms with van der Waals surface area (Å²) in [5.41, 5.74) is 3.84. The van der Waals surface area contributed by atoms with Crippen molar-refractivity contribution in [1.29, 1.82) is 0 Å². The smallest absolute Gasteiger partial charge is 0.274 e. The third-order valence-electron chi connectivity index (χ3n) is 2.84. The Hall–Kier alpha value is -2.82. The van der Waals surface area contributed by atoms with E-state index in [4.69, 9.17) is 9.15 Å². The van der Waals surface area contributed by atoms with Gasteiger partial charge in [0.05, 0.1) is 18.9 Å². The zero-order valence-electron chi connectivity index (χ0n) is 11.9. The van der Waals surface area contributed by atoms with Gasteiger partial charge in [0, 0.05) is 11.8 Å². The molecule has 0 spiro atoms. The van der Waals surface area contributed by atoms with E-state index in [1.165, 1.54) is 12.5 Å². The van der Waals surface area contributed by atoms with Crippen LogP contribution in [0.15, 0.2) is 52.2 Å². The highest BCUT2D eigenvalue weighted by atomic mass is 16.5. The van der Waals surface area contributed by atoms with Crippen LogP contribution in [0.3, 0.4) is 0 Å². The number of hydrogen-bond donors (Lipinski definition) is 1. The van der Waals surface area contributed by atoms with E-state index < -0.39 is 0 Å². The summed E-state index contributed by atoms with van der Waals surface area (Å²) in [7, 11) is 1.62. The standard InChI is InChI=1S/C16H16N2O3/c1-12-14(9-11-21-12)16(19)18-17-10-5-7-13-6-3-4-8-15(13)20-2/h3-11H,1-2H3,(H,18,19)/b7-5+,17-10+. The van der Waals surface area contributed by atoms with Crippen LogP contribution in [0, 0.1) is 6.92 Å². The summed E-state index contributed by atoms with van der Waals surface area (Å²) in [6, 6.07) is 9.22. The zero-order valence-corrected chi connectivity index (χ0v) is 11.9. The minimum atomic E-state index is -0.303. The highest BCUT2D eigenvalue weighted by Gasteiger charge is 2.09. The number of hydrazone groups is 1. The molecule has 108 valence electrons. The van der Waals surface area contributed by atoms with Gasteiger partial charge in [0.15, 0.2) is 0 Å². The van der Waals surface area contributed by atoms with E-state index in [-0.39, 0.29) is 5.91 Å². The molecule has 0 saturated heterocycles. The van der Waals surface area contributed by atoms with Gasteiger partial charge in [-0.15, -0.1) is 0 Å². The van der Waals surface area contributed by atoms with Crippen molar-refractivity contribution < 1.29 is 13.9 Å². The van der Waals surface area contributed by atoms with E-state index >= 15 is 0 Å². The number of furan rings is 1. The molecule has 0 unspecified atom stereocenters. The van der Waals surface area contributed by atoms with Gasteiger partial charge in [-0.2, -0.15) is 5.10 Å². The van der Waals surface area contributed by atoms with Crippen LogP contribution >= 0.6 is 0 Å². The molecule has 0 atom stereocenters. The number of aryl methyl sites for hydroxylation is 1. The fourth-order valence-corrected chi connectivity index (χ4v) is 1.77. The summed E-state index contributed by atoms with van der Waals surface area (Å²) in [6.07, 6.45) is 6.53. The van der Waals surface area contributed by atoms with E-state index in [1.54, 1.807) is 26.2 Å². The second-order valence-corrected chi connectivity index (χ2v) is 4.21. The van der Waals surface area contributed by atoms with E-state index in [1.807, 2.05) is 30.3 Å². The van der Waals surface area contributed by atoms with Gasteiger partial charge in [-0.25, -0.2) is 5.43 Å². The summed E-state index contributed by atoms with van der Waals surface area (Å²) >= 11 is 0. The molecule has 1 heterocycles. The highest BCUT2D eigenvalue weighted by Crippen LogP contribution is 2.18. The molecule has 0 bridgehead atoms. The van der Waals surface area contributed by atoms with E-state index in [0.717, 1.165) is 11.3 Å². The molecule has 5 nitrogen and oxygen atoms in total. The number of carbonyl (C=O) groups is 1. The topological polar surface area (TPSA) is 63.8 Å². The fraction of sp³-hybridized carbons (Fsp3) is 0.125. The van der Waals surface area contributed by atoms with Crippen molar-refractivity contribution >= 4 is 18.2 Å². The van der Waals surface area contributed by atoms with E-state index in [0.29, 0.717) is 11.3 Å². The Balaban J connectivity index is 1.92. The van der Waals surface area contributed by atoms with E-state index in [2.05, 4.69) is 10.5 Å². The van der Waals surface area contributed by atoms with Gasteiger partial charge in [-0.05, 0) is 31.2 Å². The molecule has 0 fully saturated rings. The predicted molar refractivity (Wildman–Crippen MR) is 81.4 cm³/mol. The maximum absolute atomic E-state index is 11.7. The molecule has 2 aromatic rings. The Morgan fingerprint density at radius 2 is 2.14 bits per heavy atom. The molecular weight excluding hydrogens is 268 g/mol. The first-order valence-corrected chi connectivity index (χ1v) is 6.39. The molecule has 21 heavy (non-hydrogen) atoms. The zero-order chi connectivity index (χ0) is 15.1. The number of amides is 1. The van der Waals surface area contributed by atoms with E-state index in [9.17, 15) is 4.79 Å². The first kappa shape index (κ1) is 14.6. The van der Waals surface area contributed by atoms with Crippen molar-refractivity contribution in [3.05, 3.63) is 59.6 Å². The lowest BCUT2D eigenvalue weighted by Gasteiger charge is -2.02. The lowest BCUT2D eigenvalue weighted by molar-refractivity contribution is 0.0953.